The number of halogens is 1. The van der Waals surface area contributed by atoms with Gasteiger partial charge in [-0.3, -0.25) is 9.59 Å². The van der Waals surface area contributed by atoms with Gasteiger partial charge in [0.15, 0.2) is 0 Å². The van der Waals surface area contributed by atoms with Crippen molar-refractivity contribution in [3.63, 3.8) is 0 Å². The van der Waals surface area contributed by atoms with Crippen LogP contribution in [0.25, 0.3) is 0 Å². The van der Waals surface area contributed by atoms with Crippen LogP contribution in [0.5, 0.6) is 0 Å². The van der Waals surface area contributed by atoms with Gasteiger partial charge >= 0.3 is 0 Å². The summed E-state index contributed by atoms with van der Waals surface area (Å²) in [6.45, 7) is 10.1. The predicted octanol–water partition coefficient (Wildman–Crippen LogP) is 2.67. The van der Waals surface area contributed by atoms with E-state index in [4.69, 9.17) is 11.6 Å². The van der Waals surface area contributed by atoms with Crippen LogP contribution < -0.4 is 5.32 Å². The van der Waals surface area contributed by atoms with Gasteiger partial charge in [0.05, 0.1) is 0 Å². The molecule has 2 rings (SSSR count). The largest absolute Gasteiger partial charge is 0.340 e. The second-order valence-electron chi connectivity index (χ2n) is 7.62. The minimum absolute atomic E-state index is 0.0161. The summed E-state index contributed by atoms with van der Waals surface area (Å²) in [5, 5.41) is 3.00. The average Bonchev–Trinajstić information content (AvgIpc) is 3.17. The molecular formula is C16H25ClN2O2. The summed E-state index contributed by atoms with van der Waals surface area (Å²) >= 11 is 5.76. The van der Waals surface area contributed by atoms with Crippen LogP contribution in [0.2, 0.25) is 0 Å². The van der Waals surface area contributed by atoms with E-state index in [0.717, 1.165) is 18.4 Å². The van der Waals surface area contributed by atoms with Gasteiger partial charge in [-0.2, -0.15) is 0 Å². The topological polar surface area (TPSA) is 49.4 Å². The van der Waals surface area contributed by atoms with E-state index < -0.39 is 11.6 Å². The molecule has 0 aromatic rings. The normalized spacial score (nSPS) is 31.4. The van der Waals surface area contributed by atoms with Crippen molar-refractivity contribution < 1.29 is 9.59 Å². The van der Waals surface area contributed by atoms with Crippen molar-refractivity contribution in [1.82, 2.24) is 10.2 Å². The molecule has 21 heavy (non-hydrogen) atoms. The number of rotatable bonds is 3. The Morgan fingerprint density at radius 2 is 2.00 bits per heavy atom. The predicted molar refractivity (Wildman–Crippen MR) is 83.8 cm³/mol. The Balaban J connectivity index is 2.39. The number of piperazine rings is 1. The first-order valence-electron chi connectivity index (χ1n) is 7.50. The summed E-state index contributed by atoms with van der Waals surface area (Å²) in [5.74, 6) is 0.221. The molecule has 0 radical (unpaired) electrons. The molecule has 2 amide bonds. The lowest BCUT2D eigenvalue weighted by Crippen LogP contribution is -2.72. The number of nitrogens with one attached hydrogen (secondary N) is 1. The Morgan fingerprint density at radius 3 is 2.43 bits per heavy atom. The van der Waals surface area contributed by atoms with Gasteiger partial charge in [-0.1, -0.05) is 32.4 Å². The third-order valence-electron chi connectivity index (χ3n) is 4.47. The Bertz CT molecular complexity index is 491. The highest BCUT2D eigenvalue weighted by atomic mass is 35.5. The number of hydrogen-bond acceptors (Lipinski definition) is 2. The number of amides is 2. The van der Waals surface area contributed by atoms with Gasteiger partial charge in [-0.25, -0.2) is 0 Å². The van der Waals surface area contributed by atoms with Crippen molar-refractivity contribution in [2.75, 3.05) is 6.54 Å². The molecule has 1 aliphatic carbocycles. The molecule has 118 valence electrons. The molecule has 4 nitrogen and oxygen atoms in total. The lowest BCUT2D eigenvalue weighted by molar-refractivity contribution is -0.159. The van der Waals surface area contributed by atoms with Gasteiger partial charge < -0.3 is 10.2 Å². The highest BCUT2D eigenvalue weighted by Gasteiger charge is 2.57. The van der Waals surface area contributed by atoms with Crippen molar-refractivity contribution in [2.45, 2.75) is 59.0 Å². The van der Waals surface area contributed by atoms with Crippen LogP contribution in [0.4, 0.5) is 0 Å². The molecule has 2 aliphatic rings. The quantitative estimate of drug-likeness (QED) is 0.871. The van der Waals surface area contributed by atoms with Crippen LogP contribution in [0.15, 0.2) is 11.1 Å². The first-order chi connectivity index (χ1) is 9.61. The summed E-state index contributed by atoms with van der Waals surface area (Å²) in [6, 6.07) is -0.469. The molecule has 1 saturated carbocycles. The third kappa shape index (κ3) is 2.96. The second kappa shape index (κ2) is 5.31. The molecule has 0 aromatic carbocycles. The second-order valence-corrected chi connectivity index (χ2v) is 7.84. The molecule has 0 bridgehead atoms. The maximum atomic E-state index is 13.0. The molecule has 1 aliphatic heterocycles. The van der Waals surface area contributed by atoms with Crippen molar-refractivity contribution in [1.29, 1.82) is 0 Å². The van der Waals surface area contributed by atoms with E-state index in [0.29, 0.717) is 6.54 Å². The Kier molecular flexibility index (Phi) is 4.13. The summed E-state index contributed by atoms with van der Waals surface area (Å²) in [5.41, 5.74) is 1.28. The molecule has 2 fully saturated rings. The number of hydrogen-bond donors (Lipinski definition) is 1. The number of nitrogens with zero attached hydrogens (tertiary/aromatic N) is 1. The maximum absolute atomic E-state index is 13.0. The van der Waals surface area contributed by atoms with Gasteiger partial charge in [0.2, 0.25) is 11.8 Å². The third-order valence-corrected chi connectivity index (χ3v) is 4.84. The average molecular weight is 313 g/mol. The van der Waals surface area contributed by atoms with Crippen LogP contribution in [0, 0.1) is 11.3 Å². The van der Waals surface area contributed by atoms with Crippen molar-refractivity contribution in [3.8, 4) is 0 Å². The van der Waals surface area contributed by atoms with E-state index in [1.165, 1.54) is 5.54 Å². The molecule has 1 saturated heterocycles. The zero-order valence-electron chi connectivity index (χ0n) is 13.5. The maximum Gasteiger partial charge on any atom is 0.249 e. The van der Waals surface area contributed by atoms with E-state index in [9.17, 15) is 9.59 Å². The molecule has 2 unspecified atom stereocenters. The monoisotopic (exact) mass is 312 g/mol. The van der Waals surface area contributed by atoms with Gasteiger partial charge in [0.25, 0.3) is 0 Å². The minimum Gasteiger partial charge on any atom is -0.340 e. The first kappa shape index (κ1) is 16.3. The number of carbonyl (C=O) groups is 2. The fourth-order valence-corrected chi connectivity index (χ4v) is 3.27. The molecule has 1 N–H and O–H groups in total. The fraction of sp³-hybridized carbons (Fsp3) is 0.750. The number of carbonyl (C=O) groups excluding carboxylic acids is 2. The fourth-order valence-electron chi connectivity index (χ4n) is 3.20. The highest BCUT2D eigenvalue weighted by molar-refractivity contribution is 6.25. The van der Waals surface area contributed by atoms with E-state index in [2.05, 4.69) is 5.32 Å². The van der Waals surface area contributed by atoms with Gasteiger partial charge in [0.1, 0.15) is 11.6 Å². The Hall–Kier alpha value is -1.03. The Labute approximate surface area is 131 Å². The molecule has 5 heteroatoms. The van der Waals surface area contributed by atoms with E-state index in [1.54, 1.807) is 4.90 Å². The summed E-state index contributed by atoms with van der Waals surface area (Å²) in [7, 11) is 0. The van der Waals surface area contributed by atoms with Crippen molar-refractivity contribution in [2.24, 2.45) is 11.3 Å². The lowest BCUT2D eigenvalue weighted by atomic mass is 9.79. The summed E-state index contributed by atoms with van der Waals surface area (Å²) < 4.78 is 0. The van der Waals surface area contributed by atoms with Crippen LogP contribution in [0.3, 0.4) is 0 Å². The smallest absolute Gasteiger partial charge is 0.249 e. The highest BCUT2D eigenvalue weighted by Crippen LogP contribution is 2.43. The van der Waals surface area contributed by atoms with E-state index in [-0.39, 0.29) is 23.1 Å². The molecular weight excluding hydrogens is 288 g/mol. The molecule has 0 spiro atoms. The summed E-state index contributed by atoms with van der Waals surface area (Å²) in [6.07, 6.45) is 2.00. The lowest BCUT2D eigenvalue weighted by Gasteiger charge is -2.49. The van der Waals surface area contributed by atoms with Gasteiger partial charge in [-0.15, -0.1) is 0 Å². The van der Waals surface area contributed by atoms with E-state index in [1.807, 2.05) is 34.6 Å². The SMILES string of the molecule is CC(=CCl)CN1C(=O)C(C)(C2CC2)NC(=O)C1C(C)(C)C. The zero-order chi connectivity index (χ0) is 16.0. The van der Waals surface area contributed by atoms with Gasteiger partial charge in [-0.05, 0) is 43.6 Å². The zero-order valence-corrected chi connectivity index (χ0v) is 14.3. The minimum atomic E-state index is -0.759. The van der Waals surface area contributed by atoms with Crippen LogP contribution in [0.1, 0.15) is 47.5 Å². The van der Waals surface area contributed by atoms with Crippen LogP contribution >= 0.6 is 11.6 Å². The van der Waals surface area contributed by atoms with Crippen LogP contribution in [-0.4, -0.2) is 34.8 Å². The first-order valence-corrected chi connectivity index (χ1v) is 7.94. The molecule has 1 heterocycles. The van der Waals surface area contributed by atoms with E-state index >= 15 is 0 Å². The van der Waals surface area contributed by atoms with Crippen molar-refractivity contribution in [3.05, 3.63) is 11.1 Å². The Morgan fingerprint density at radius 1 is 1.43 bits per heavy atom. The van der Waals surface area contributed by atoms with Crippen molar-refractivity contribution >= 4 is 23.4 Å². The molecule has 2 atom stereocenters. The van der Waals surface area contributed by atoms with Crippen LogP contribution in [-0.2, 0) is 9.59 Å². The standard InChI is InChI=1S/C16H25ClN2O2/c1-10(8-17)9-19-12(15(2,3)4)13(20)18-16(5,14(19)21)11-6-7-11/h8,11-12H,6-7,9H2,1-5H3,(H,18,20). The molecule has 0 aromatic heterocycles. The summed E-state index contributed by atoms with van der Waals surface area (Å²) in [4.78, 5) is 27.4. The van der Waals surface area contributed by atoms with Gasteiger partial charge in [0, 0.05) is 12.1 Å².